The number of hydrogen-bond donors (Lipinski definition) is 1. The molecule has 0 radical (unpaired) electrons. The highest BCUT2D eigenvalue weighted by molar-refractivity contribution is 9.10. The van der Waals surface area contributed by atoms with E-state index in [9.17, 15) is 4.79 Å². The molecule has 1 aromatic rings. The Hall–Kier alpha value is -0.840. The zero-order valence-corrected chi connectivity index (χ0v) is 5.88. The summed E-state index contributed by atoms with van der Waals surface area (Å²) in [5, 5.41) is 6.12. The second-order valence-electron chi connectivity index (χ2n) is 1.27. The van der Waals surface area contributed by atoms with Crippen molar-refractivity contribution in [3.63, 3.8) is 0 Å². The highest BCUT2D eigenvalue weighted by Gasteiger charge is 1.95. The topological polar surface area (TPSA) is 55.0 Å². The first-order valence-corrected chi connectivity index (χ1v) is 2.93. The van der Waals surface area contributed by atoms with Crippen LogP contribution in [0.5, 0.6) is 5.88 Å². The van der Waals surface area contributed by atoms with Gasteiger partial charge in [-0.25, -0.2) is 0 Å². The van der Waals surface area contributed by atoms with Crippen molar-refractivity contribution in [2.45, 2.75) is 0 Å². The van der Waals surface area contributed by atoms with E-state index in [-0.39, 0.29) is 5.88 Å². The van der Waals surface area contributed by atoms with Gasteiger partial charge in [0.25, 0.3) is 6.47 Å². The Morgan fingerprint density at radius 2 is 2.67 bits per heavy atom. The van der Waals surface area contributed by atoms with Crippen LogP contribution in [0.1, 0.15) is 0 Å². The molecule has 5 heteroatoms. The van der Waals surface area contributed by atoms with Crippen LogP contribution in [0.3, 0.4) is 0 Å². The summed E-state index contributed by atoms with van der Waals surface area (Å²) in [6, 6.07) is 1.55. The molecule has 0 aliphatic carbocycles. The lowest BCUT2D eigenvalue weighted by atomic mass is 10.7. The predicted molar refractivity (Wildman–Crippen MR) is 33.0 cm³/mol. The van der Waals surface area contributed by atoms with Crippen LogP contribution >= 0.6 is 15.9 Å². The smallest absolute Gasteiger partial charge is 0.299 e. The van der Waals surface area contributed by atoms with Gasteiger partial charge in [0, 0.05) is 6.07 Å². The molecule has 0 fully saturated rings. The Morgan fingerprint density at radius 1 is 1.89 bits per heavy atom. The summed E-state index contributed by atoms with van der Waals surface area (Å²) in [6.45, 7) is 0.322. The average Bonchev–Trinajstić information content (AvgIpc) is 2.17. The third kappa shape index (κ3) is 1.53. The van der Waals surface area contributed by atoms with Gasteiger partial charge in [0.05, 0.1) is 0 Å². The Kier molecular flexibility index (Phi) is 1.84. The lowest BCUT2D eigenvalue weighted by Crippen LogP contribution is -1.87. The number of aromatic nitrogens is 2. The molecule has 4 nitrogen and oxygen atoms in total. The Morgan fingerprint density at radius 3 is 3.11 bits per heavy atom. The number of ether oxygens (including phenoxy) is 1. The van der Waals surface area contributed by atoms with Crippen molar-refractivity contribution < 1.29 is 9.53 Å². The molecule has 0 atom stereocenters. The second kappa shape index (κ2) is 2.63. The van der Waals surface area contributed by atoms with E-state index in [4.69, 9.17) is 0 Å². The maximum atomic E-state index is 9.69. The first-order chi connectivity index (χ1) is 4.33. The van der Waals surface area contributed by atoms with Gasteiger partial charge in [-0.15, -0.1) is 5.10 Å². The first kappa shape index (κ1) is 6.28. The lowest BCUT2D eigenvalue weighted by Gasteiger charge is -1.82. The number of H-pyrrole nitrogens is 1. The number of aromatic amines is 1. The van der Waals surface area contributed by atoms with Crippen LogP contribution in [0, 0.1) is 0 Å². The molecule has 1 aromatic heterocycles. The van der Waals surface area contributed by atoms with Crippen molar-refractivity contribution in [2.24, 2.45) is 0 Å². The molecular formula is C4H3BrN2O2. The van der Waals surface area contributed by atoms with Gasteiger partial charge in [-0.05, 0) is 15.9 Å². The summed E-state index contributed by atoms with van der Waals surface area (Å²) in [5.41, 5.74) is 0. The maximum Gasteiger partial charge on any atom is 0.299 e. The molecule has 0 unspecified atom stereocenters. The number of rotatable bonds is 2. The highest BCUT2D eigenvalue weighted by atomic mass is 79.9. The van der Waals surface area contributed by atoms with E-state index >= 15 is 0 Å². The van der Waals surface area contributed by atoms with Gasteiger partial charge in [0.1, 0.15) is 4.60 Å². The van der Waals surface area contributed by atoms with E-state index in [2.05, 4.69) is 30.9 Å². The van der Waals surface area contributed by atoms with Crippen LogP contribution < -0.4 is 4.74 Å². The monoisotopic (exact) mass is 190 g/mol. The highest BCUT2D eigenvalue weighted by Crippen LogP contribution is 2.11. The van der Waals surface area contributed by atoms with Crippen LogP contribution in [0.25, 0.3) is 0 Å². The molecule has 9 heavy (non-hydrogen) atoms. The number of carbonyl (C=O) groups is 1. The Bertz CT molecular complexity index is 210. The van der Waals surface area contributed by atoms with Crippen molar-refractivity contribution in [3.8, 4) is 5.88 Å². The average molecular weight is 191 g/mol. The molecule has 0 bridgehead atoms. The third-order valence-electron chi connectivity index (χ3n) is 0.692. The number of halogens is 1. The fourth-order valence-electron chi connectivity index (χ4n) is 0.391. The maximum absolute atomic E-state index is 9.69. The van der Waals surface area contributed by atoms with E-state index < -0.39 is 0 Å². The summed E-state index contributed by atoms with van der Waals surface area (Å²) in [7, 11) is 0. The minimum absolute atomic E-state index is 0.261. The molecule has 0 spiro atoms. The quantitative estimate of drug-likeness (QED) is 0.700. The summed E-state index contributed by atoms with van der Waals surface area (Å²) in [5.74, 6) is 0.261. The molecule has 1 heterocycles. The third-order valence-corrected chi connectivity index (χ3v) is 1.10. The number of carbonyl (C=O) groups excluding carboxylic acids is 1. The van der Waals surface area contributed by atoms with Gasteiger partial charge in [-0.3, -0.25) is 9.89 Å². The lowest BCUT2D eigenvalue weighted by molar-refractivity contribution is -0.120. The van der Waals surface area contributed by atoms with Crippen LogP contribution in [0.15, 0.2) is 10.7 Å². The van der Waals surface area contributed by atoms with Crippen molar-refractivity contribution in [1.82, 2.24) is 10.2 Å². The molecule has 0 amide bonds. The van der Waals surface area contributed by atoms with Crippen molar-refractivity contribution >= 4 is 22.4 Å². The molecule has 0 saturated heterocycles. The van der Waals surface area contributed by atoms with Crippen molar-refractivity contribution in [3.05, 3.63) is 10.7 Å². The normalized spacial score (nSPS) is 9.00. The van der Waals surface area contributed by atoms with Gasteiger partial charge in [-0.2, -0.15) is 0 Å². The largest absolute Gasteiger partial charge is 0.408 e. The molecule has 1 rings (SSSR count). The van der Waals surface area contributed by atoms with Gasteiger partial charge < -0.3 is 4.74 Å². The molecular weight excluding hydrogens is 188 g/mol. The standard InChI is InChI=1S/C4H3BrN2O2/c5-3-1-4(7-6-3)9-2-8/h1-2H,(H,6,7). The van der Waals surface area contributed by atoms with E-state index in [0.717, 1.165) is 0 Å². The second-order valence-corrected chi connectivity index (χ2v) is 2.12. The first-order valence-electron chi connectivity index (χ1n) is 2.14. The van der Waals surface area contributed by atoms with Gasteiger partial charge >= 0.3 is 0 Å². The molecule has 48 valence electrons. The fraction of sp³-hybridized carbons (Fsp3) is 0. The Labute approximate surface area is 59.3 Å². The van der Waals surface area contributed by atoms with Crippen LogP contribution in [0.4, 0.5) is 0 Å². The van der Waals surface area contributed by atoms with Crippen LogP contribution in [-0.2, 0) is 4.79 Å². The minimum atomic E-state index is 0.261. The number of hydrogen-bond acceptors (Lipinski definition) is 3. The van der Waals surface area contributed by atoms with Gasteiger partial charge in [0.2, 0.25) is 5.88 Å². The van der Waals surface area contributed by atoms with Gasteiger partial charge in [-0.1, -0.05) is 0 Å². The molecule has 1 N–H and O–H groups in total. The summed E-state index contributed by atoms with van der Waals surface area (Å²) >= 11 is 3.09. The van der Waals surface area contributed by atoms with Gasteiger partial charge in [0.15, 0.2) is 0 Å². The summed E-state index contributed by atoms with van der Waals surface area (Å²) < 4.78 is 5.05. The molecule has 0 aliphatic rings. The zero-order valence-electron chi connectivity index (χ0n) is 4.30. The van der Waals surface area contributed by atoms with E-state index in [0.29, 0.717) is 11.1 Å². The van der Waals surface area contributed by atoms with E-state index in [1.807, 2.05) is 0 Å². The molecule has 0 saturated carbocycles. The van der Waals surface area contributed by atoms with E-state index in [1.54, 1.807) is 6.07 Å². The SMILES string of the molecule is O=COc1cc(Br)[nH]n1. The fourth-order valence-corrected chi connectivity index (χ4v) is 0.676. The number of nitrogens with zero attached hydrogens (tertiary/aromatic N) is 1. The summed E-state index contributed by atoms with van der Waals surface area (Å²) in [4.78, 5) is 9.69. The van der Waals surface area contributed by atoms with Crippen molar-refractivity contribution in [1.29, 1.82) is 0 Å². The predicted octanol–water partition coefficient (Wildman–Crippen LogP) is 0.707. The summed E-state index contributed by atoms with van der Waals surface area (Å²) in [6.07, 6.45) is 0. The van der Waals surface area contributed by atoms with Crippen molar-refractivity contribution in [2.75, 3.05) is 0 Å². The Balaban J connectivity index is 2.72. The minimum Gasteiger partial charge on any atom is -0.408 e. The molecule has 0 aromatic carbocycles. The molecule has 0 aliphatic heterocycles. The van der Waals surface area contributed by atoms with Crippen LogP contribution in [-0.4, -0.2) is 16.7 Å². The van der Waals surface area contributed by atoms with E-state index in [1.165, 1.54) is 0 Å². The zero-order chi connectivity index (χ0) is 6.69. The van der Waals surface area contributed by atoms with Crippen LogP contribution in [0.2, 0.25) is 0 Å². The number of nitrogens with one attached hydrogen (secondary N) is 1.